The number of Topliss-reactive ketones (excluding diaryl/α,β-unsaturated/α-hetero) is 1. The van der Waals surface area contributed by atoms with E-state index in [1.165, 1.54) is 0 Å². The van der Waals surface area contributed by atoms with Crippen LogP contribution >= 0.6 is 15.9 Å². The van der Waals surface area contributed by atoms with E-state index in [1.54, 1.807) is 6.20 Å². The standard InChI is InChI=1S/C20H19BrN2O2/c21-18-6-2-1-5-17(18)19(24)9-13-8-14-10-15(23-20(14)22-12-13)11-16-4-3-7-25-16/h1-2,5-6,8,10,12,16H,3-4,7,9,11H2,(H,22,23)/t16-/m1/s1. The molecule has 4 nitrogen and oxygen atoms in total. The zero-order valence-electron chi connectivity index (χ0n) is 13.8. The molecule has 0 radical (unpaired) electrons. The number of nitrogens with zero attached hydrogens (tertiary/aromatic N) is 1. The second-order valence-corrected chi connectivity index (χ2v) is 7.35. The maximum Gasteiger partial charge on any atom is 0.168 e. The van der Waals surface area contributed by atoms with Crippen LogP contribution < -0.4 is 0 Å². The van der Waals surface area contributed by atoms with Crippen LogP contribution in [0, 0.1) is 0 Å². The summed E-state index contributed by atoms with van der Waals surface area (Å²) in [5, 5.41) is 1.05. The zero-order valence-corrected chi connectivity index (χ0v) is 15.4. The third-order valence-corrected chi connectivity index (χ3v) is 5.28. The highest BCUT2D eigenvalue weighted by Gasteiger charge is 2.17. The number of carbonyl (C=O) groups excluding carboxylic acids is 1. The third-order valence-electron chi connectivity index (χ3n) is 4.59. The molecule has 1 atom stereocenters. The topological polar surface area (TPSA) is 55.0 Å². The van der Waals surface area contributed by atoms with Crippen LogP contribution in [0.5, 0.6) is 0 Å². The van der Waals surface area contributed by atoms with Gasteiger partial charge in [0, 0.05) is 46.8 Å². The summed E-state index contributed by atoms with van der Waals surface area (Å²) in [4.78, 5) is 20.4. The van der Waals surface area contributed by atoms with Gasteiger partial charge >= 0.3 is 0 Å². The summed E-state index contributed by atoms with van der Waals surface area (Å²) < 4.78 is 6.53. The number of pyridine rings is 1. The van der Waals surface area contributed by atoms with Gasteiger partial charge in [0.1, 0.15) is 5.65 Å². The Kier molecular flexibility index (Phi) is 4.68. The number of nitrogens with one attached hydrogen (secondary N) is 1. The van der Waals surface area contributed by atoms with Gasteiger partial charge in [-0.25, -0.2) is 4.98 Å². The molecule has 1 fully saturated rings. The lowest BCUT2D eigenvalue weighted by atomic mass is 10.0. The van der Waals surface area contributed by atoms with Crippen LogP contribution in [-0.4, -0.2) is 28.5 Å². The average molecular weight is 399 g/mol. The number of fused-ring (bicyclic) bond motifs is 1. The molecule has 4 rings (SSSR count). The molecule has 3 aromatic rings. The summed E-state index contributed by atoms with van der Waals surface area (Å²) >= 11 is 3.44. The lowest BCUT2D eigenvalue weighted by molar-refractivity contribution is 0.0992. The SMILES string of the molecule is O=C(Cc1cnc2[nH]c(C[C@H]3CCCO3)cc2c1)c1ccccc1Br. The molecule has 0 unspecified atom stereocenters. The van der Waals surface area contributed by atoms with Crippen molar-refractivity contribution in [1.29, 1.82) is 0 Å². The van der Waals surface area contributed by atoms with E-state index in [-0.39, 0.29) is 5.78 Å². The smallest absolute Gasteiger partial charge is 0.168 e. The maximum atomic E-state index is 12.5. The van der Waals surface area contributed by atoms with E-state index in [1.807, 2.05) is 30.3 Å². The minimum Gasteiger partial charge on any atom is -0.378 e. The van der Waals surface area contributed by atoms with Gasteiger partial charge in [0.25, 0.3) is 0 Å². The lowest BCUT2D eigenvalue weighted by Gasteiger charge is -2.06. The Labute approximate surface area is 154 Å². The van der Waals surface area contributed by atoms with Crippen molar-refractivity contribution in [2.45, 2.75) is 31.8 Å². The summed E-state index contributed by atoms with van der Waals surface area (Å²) in [6.07, 6.45) is 5.59. The molecule has 1 aliphatic heterocycles. The second-order valence-electron chi connectivity index (χ2n) is 6.49. The van der Waals surface area contributed by atoms with E-state index in [2.05, 4.69) is 32.0 Å². The Morgan fingerprint density at radius 2 is 2.20 bits per heavy atom. The van der Waals surface area contributed by atoms with Crippen molar-refractivity contribution in [2.75, 3.05) is 6.61 Å². The number of ketones is 1. The molecule has 0 saturated carbocycles. The van der Waals surface area contributed by atoms with Gasteiger partial charge in [-0.2, -0.15) is 0 Å². The lowest BCUT2D eigenvalue weighted by Crippen LogP contribution is -2.08. The van der Waals surface area contributed by atoms with Crippen molar-refractivity contribution in [1.82, 2.24) is 9.97 Å². The molecular weight excluding hydrogens is 380 g/mol. The van der Waals surface area contributed by atoms with E-state index in [9.17, 15) is 4.79 Å². The average Bonchev–Trinajstić information content (AvgIpc) is 3.24. The largest absolute Gasteiger partial charge is 0.378 e. The fraction of sp³-hybridized carbons (Fsp3) is 0.300. The molecule has 0 spiro atoms. The van der Waals surface area contributed by atoms with Crippen LogP contribution in [0.15, 0.2) is 47.1 Å². The molecule has 25 heavy (non-hydrogen) atoms. The molecule has 3 heterocycles. The number of aromatic amines is 1. The number of benzene rings is 1. The monoisotopic (exact) mass is 398 g/mol. The minimum atomic E-state index is 0.0868. The molecule has 1 N–H and O–H groups in total. The number of hydrogen-bond donors (Lipinski definition) is 1. The highest BCUT2D eigenvalue weighted by atomic mass is 79.9. The molecule has 0 bridgehead atoms. The highest BCUT2D eigenvalue weighted by molar-refractivity contribution is 9.10. The number of aromatic nitrogens is 2. The first-order chi connectivity index (χ1) is 12.2. The highest BCUT2D eigenvalue weighted by Crippen LogP contribution is 2.22. The van der Waals surface area contributed by atoms with Gasteiger partial charge in [0.15, 0.2) is 5.78 Å². The maximum absolute atomic E-state index is 12.5. The van der Waals surface area contributed by atoms with Gasteiger partial charge < -0.3 is 9.72 Å². The Bertz CT molecular complexity index is 913. The van der Waals surface area contributed by atoms with E-state index >= 15 is 0 Å². The molecule has 0 amide bonds. The summed E-state index contributed by atoms with van der Waals surface area (Å²) in [6.45, 7) is 0.866. The van der Waals surface area contributed by atoms with Crippen LogP contribution in [0.25, 0.3) is 11.0 Å². The molecule has 0 aliphatic carbocycles. The number of ether oxygens (including phenoxy) is 1. The first-order valence-electron chi connectivity index (χ1n) is 8.55. The summed E-state index contributed by atoms with van der Waals surface area (Å²) in [5.74, 6) is 0.0868. The zero-order chi connectivity index (χ0) is 17.2. The van der Waals surface area contributed by atoms with E-state index in [4.69, 9.17) is 4.74 Å². The van der Waals surface area contributed by atoms with Crippen LogP contribution in [-0.2, 0) is 17.6 Å². The summed E-state index contributed by atoms with van der Waals surface area (Å²) in [7, 11) is 0. The summed E-state index contributed by atoms with van der Waals surface area (Å²) in [5.41, 5.74) is 3.64. The van der Waals surface area contributed by atoms with Crippen molar-refractivity contribution < 1.29 is 9.53 Å². The van der Waals surface area contributed by atoms with Crippen molar-refractivity contribution in [3.63, 3.8) is 0 Å². The predicted octanol–water partition coefficient (Wildman–Crippen LogP) is 4.47. The van der Waals surface area contributed by atoms with Crippen molar-refractivity contribution >= 4 is 32.7 Å². The van der Waals surface area contributed by atoms with Crippen LogP contribution in [0.3, 0.4) is 0 Å². The molecule has 5 heteroatoms. The van der Waals surface area contributed by atoms with Crippen molar-refractivity contribution in [3.8, 4) is 0 Å². The molecular formula is C20H19BrN2O2. The van der Waals surface area contributed by atoms with Crippen LogP contribution in [0.1, 0.15) is 34.5 Å². The number of hydrogen-bond acceptors (Lipinski definition) is 3. The van der Waals surface area contributed by atoms with E-state index in [0.717, 1.165) is 52.6 Å². The van der Waals surface area contributed by atoms with Gasteiger partial charge in [-0.05, 0) is 36.6 Å². The second kappa shape index (κ2) is 7.10. The Morgan fingerprint density at radius 3 is 3.00 bits per heavy atom. The van der Waals surface area contributed by atoms with Gasteiger partial charge in [-0.1, -0.05) is 34.1 Å². The number of rotatable bonds is 5. The summed E-state index contributed by atoms with van der Waals surface area (Å²) in [6, 6.07) is 11.7. The Hall–Kier alpha value is -1.98. The fourth-order valence-corrected chi connectivity index (χ4v) is 3.85. The number of H-pyrrole nitrogens is 1. The van der Waals surface area contributed by atoms with Crippen LogP contribution in [0.2, 0.25) is 0 Å². The first-order valence-corrected chi connectivity index (χ1v) is 9.34. The van der Waals surface area contributed by atoms with Crippen molar-refractivity contribution in [2.24, 2.45) is 0 Å². The number of carbonyl (C=O) groups is 1. The molecule has 1 aromatic carbocycles. The quantitative estimate of drug-likeness (QED) is 0.644. The number of halogens is 1. The van der Waals surface area contributed by atoms with Gasteiger partial charge in [0.05, 0.1) is 6.10 Å². The van der Waals surface area contributed by atoms with Gasteiger partial charge in [-0.15, -0.1) is 0 Å². The van der Waals surface area contributed by atoms with Gasteiger partial charge in [-0.3, -0.25) is 4.79 Å². The van der Waals surface area contributed by atoms with Crippen LogP contribution in [0.4, 0.5) is 0 Å². The van der Waals surface area contributed by atoms with Gasteiger partial charge in [0.2, 0.25) is 0 Å². The first kappa shape index (κ1) is 16.5. The molecule has 2 aromatic heterocycles. The van der Waals surface area contributed by atoms with Crippen molar-refractivity contribution in [3.05, 3.63) is 63.9 Å². The van der Waals surface area contributed by atoms with E-state index < -0.39 is 0 Å². The minimum absolute atomic E-state index is 0.0868. The van der Waals surface area contributed by atoms with E-state index in [0.29, 0.717) is 18.1 Å². The fourth-order valence-electron chi connectivity index (χ4n) is 3.34. The Morgan fingerprint density at radius 1 is 1.32 bits per heavy atom. The molecule has 128 valence electrons. The molecule has 1 saturated heterocycles. The Balaban J connectivity index is 1.52. The normalized spacial score (nSPS) is 17.2. The molecule has 1 aliphatic rings. The third kappa shape index (κ3) is 3.67. The predicted molar refractivity (Wildman–Crippen MR) is 101 cm³/mol.